The van der Waals surface area contributed by atoms with Gasteiger partial charge in [0, 0.05) is 12.1 Å². The van der Waals surface area contributed by atoms with Gasteiger partial charge in [-0.15, -0.1) is 0 Å². The Morgan fingerprint density at radius 3 is 2.29 bits per heavy atom. The monoisotopic (exact) mass is 243 g/mol. The van der Waals surface area contributed by atoms with Crippen LogP contribution < -0.4 is 11.1 Å². The predicted molar refractivity (Wildman–Crippen MR) is 65.8 cm³/mol. The lowest BCUT2D eigenvalue weighted by Gasteiger charge is -2.21. The summed E-state index contributed by atoms with van der Waals surface area (Å²) in [5, 5.41) is 13.9. The van der Waals surface area contributed by atoms with Gasteiger partial charge in [-0.05, 0) is 34.6 Å². The molecule has 0 aliphatic rings. The standard InChI is InChI=1S/C11H21N3O3/c1-7(2)8(6-9(12)14-16)13-10(15)17-11(3,4)5/h16H,6H2,1-5H3,(H2,12,14)(H,13,15). The quantitative estimate of drug-likeness (QED) is 0.305. The third-order valence-electron chi connectivity index (χ3n) is 1.74. The molecule has 1 amide bonds. The van der Waals surface area contributed by atoms with E-state index in [0.29, 0.717) is 5.70 Å². The van der Waals surface area contributed by atoms with E-state index in [2.05, 4.69) is 10.5 Å². The smallest absolute Gasteiger partial charge is 0.411 e. The van der Waals surface area contributed by atoms with Crippen molar-refractivity contribution < 1.29 is 14.7 Å². The number of nitrogens with zero attached hydrogens (tertiary/aromatic N) is 1. The highest BCUT2D eigenvalue weighted by atomic mass is 16.6. The summed E-state index contributed by atoms with van der Waals surface area (Å²) >= 11 is 0. The van der Waals surface area contributed by atoms with Gasteiger partial charge < -0.3 is 15.7 Å². The topological polar surface area (TPSA) is 96.9 Å². The number of amidine groups is 1. The Morgan fingerprint density at radius 1 is 1.41 bits per heavy atom. The fourth-order valence-electron chi connectivity index (χ4n) is 0.989. The van der Waals surface area contributed by atoms with Crippen molar-refractivity contribution in [2.24, 2.45) is 10.9 Å². The van der Waals surface area contributed by atoms with Crippen LogP contribution in [0.15, 0.2) is 16.4 Å². The van der Waals surface area contributed by atoms with E-state index in [-0.39, 0.29) is 12.3 Å². The van der Waals surface area contributed by atoms with Gasteiger partial charge in [0.2, 0.25) is 0 Å². The van der Waals surface area contributed by atoms with Gasteiger partial charge in [-0.1, -0.05) is 10.7 Å². The molecule has 0 aromatic heterocycles. The summed E-state index contributed by atoms with van der Waals surface area (Å²) in [4.78, 5) is 11.5. The maximum atomic E-state index is 11.5. The van der Waals surface area contributed by atoms with Crippen LogP contribution in [0.4, 0.5) is 4.79 Å². The Bertz CT molecular complexity index is 336. The van der Waals surface area contributed by atoms with Crippen molar-refractivity contribution in [1.82, 2.24) is 5.32 Å². The van der Waals surface area contributed by atoms with Gasteiger partial charge in [0.25, 0.3) is 0 Å². The van der Waals surface area contributed by atoms with Crippen molar-refractivity contribution in [3.05, 3.63) is 11.3 Å². The SMILES string of the molecule is CC(C)=C(CC(N)=NO)NC(=O)OC(C)(C)C. The molecular formula is C11H21N3O3. The molecule has 0 radical (unpaired) electrons. The lowest BCUT2D eigenvalue weighted by atomic mass is 10.2. The number of nitrogens with one attached hydrogen (secondary N) is 1. The molecule has 17 heavy (non-hydrogen) atoms. The van der Waals surface area contributed by atoms with Crippen molar-refractivity contribution in [3.8, 4) is 0 Å². The molecule has 6 nitrogen and oxygen atoms in total. The van der Waals surface area contributed by atoms with Crippen molar-refractivity contribution in [3.63, 3.8) is 0 Å². The molecule has 0 aliphatic carbocycles. The summed E-state index contributed by atoms with van der Waals surface area (Å²) in [6, 6.07) is 0. The fraction of sp³-hybridized carbons (Fsp3) is 0.636. The van der Waals surface area contributed by atoms with Crippen LogP contribution in [0.25, 0.3) is 0 Å². The molecule has 0 aromatic carbocycles. The molecular weight excluding hydrogens is 222 g/mol. The predicted octanol–water partition coefficient (Wildman–Crippen LogP) is 1.94. The Morgan fingerprint density at radius 2 is 1.94 bits per heavy atom. The van der Waals surface area contributed by atoms with Gasteiger partial charge in [0.1, 0.15) is 11.4 Å². The summed E-state index contributed by atoms with van der Waals surface area (Å²) in [6.07, 6.45) is -0.391. The van der Waals surface area contributed by atoms with Crippen LogP contribution in [0.2, 0.25) is 0 Å². The van der Waals surface area contributed by atoms with Gasteiger partial charge in [-0.2, -0.15) is 0 Å². The summed E-state index contributed by atoms with van der Waals surface area (Å²) in [6.45, 7) is 8.96. The zero-order valence-corrected chi connectivity index (χ0v) is 11.0. The molecule has 0 rings (SSSR count). The second-order valence-electron chi connectivity index (χ2n) is 4.87. The largest absolute Gasteiger partial charge is 0.444 e. The van der Waals surface area contributed by atoms with E-state index in [4.69, 9.17) is 15.7 Å². The van der Waals surface area contributed by atoms with Crippen LogP contribution in [0.3, 0.4) is 0 Å². The number of allylic oxidation sites excluding steroid dienone is 1. The number of nitrogens with two attached hydrogens (primary N) is 1. The number of carbonyl (C=O) groups is 1. The van der Waals surface area contributed by atoms with Crippen LogP contribution in [-0.4, -0.2) is 22.7 Å². The molecule has 0 fully saturated rings. The first-order chi connectivity index (χ1) is 7.65. The molecule has 98 valence electrons. The summed E-state index contributed by atoms with van der Waals surface area (Å²) in [5.74, 6) is 0.0252. The van der Waals surface area contributed by atoms with Gasteiger partial charge in [0.15, 0.2) is 0 Å². The lowest BCUT2D eigenvalue weighted by molar-refractivity contribution is 0.0544. The highest BCUT2D eigenvalue weighted by Crippen LogP contribution is 2.10. The number of hydrogen-bond acceptors (Lipinski definition) is 4. The molecule has 0 atom stereocenters. The summed E-state index contributed by atoms with van der Waals surface area (Å²) in [5.41, 5.74) is 6.25. The normalized spacial score (nSPS) is 11.9. The Balaban J connectivity index is 4.60. The molecule has 0 unspecified atom stereocenters. The van der Waals surface area contributed by atoms with E-state index < -0.39 is 11.7 Å². The zero-order chi connectivity index (χ0) is 13.6. The van der Waals surface area contributed by atoms with Crippen LogP contribution in [0.5, 0.6) is 0 Å². The molecule has 0 aromatic rings. The average molecular weight is 243 g/mol. The molecule has 0 saturated carbocycles. The third kappa shape index (κ3) is 7.21. The van der Waals surface area contributed by atoms with Gasteiger partial charge in [0.05, 0.1) is 0 Å². The molecule has 0 spiro atoms. The highest BCUT2D eigenvalue weighted by molar-refractivity contribution is 5.83. The zero-order valence-electron chi connectivity index (χ0n) is 11.0. The number of rotatable bonds is 3. The minimum absolute atomic E-state index is 0.0252. The second kappa shape index (κ2) is 6.12. The van der Waals surface area contributed by atoms with E-state index in [9.17, 15) is 4.79 Å². The minimum atomic E-state index is -0.562. The van der Waals surface area contributed by atoms with Crippen LogP contribution >= 0.6 is 0 Å². The fourth-order valence-corrected chi connectivity index (χ4v) is 0.989. The van der Waals surface area contributed by atoms with Crippen LogP contribution in [0, 0.1) is 0 Å². The maximum absolute atomic E-state index is 11.5. The number of alkyl carbamates (subject to hydrolysis) is 1. The molecule has 0 bridgehead atoms. The van der Waals surface area contributed by atoms with E-state index in [1.165, 1.54) is 0 Å². The van der Waals surface area contributed by atoms with Gasteiger partial charge in [-0.3, -0.25) is 5.32 Å². The van der Waals surface area contributed by atoms with Crippen molar-refractivity contribution in [2.75, 3.05) is 0 Å². The van der Waals surface area contributed by atoms with Crippen molar-refractivity contribution in [1.29, 1.82) is 0 Å². The molecule has 0 aliphatic heterocycles. The molecule has 4 N–H and O–H groups in total. The van der Waals surface area contributed by atoms with Crippen LogP contribution in [-0.2, 0) is 4.74 Å². The van der Waals surface area contributed by atoms with E-state index in [0.717, 1.165) is 5.57 Å². The highest BCUT2D eigenvalue weighted by Gasteiger charge is 2.17. The molecule has 6 heteroatoms. The molecule has 0 saturated heterocycles. The second-order valence-corrected chi connectivity index (χ2v) is 4.87. The van der Waals surface area contributed by atoms with Crippen molar-refractivity contribution >= 4 is 11.9 Å². The number of ether oxygens (including phenoxy) is 1. The van der Waals surface area contributed by atoms with Gasteiger partial charge >= 0.3 is 6.09 Å². The number of amides is 1. The van der Waals surface area contributed by atoms with E-state index in [1.54, 1.807) is 20.8 Å². The lowest BCUT2D eigenvalue weighted by Crippen LogP contribution is -2.33. The minimum Gasteiger partial charge on any atom is -0.444 e. The summed E-state index contributed by atoms with van der Waals surface area (Å²) < 4.78 is 5.11. The maximum Gasteiger partial charge on any atom is 0.411 e. The first kappa shape index (κ1) is 15.3. The summed E-state index contributed by atoms with van der Waals surface area (Å²) in [7, 11) is 0. The number of hydrogen-bond donors (Lipinski definition) is 3. The number of oxime groups is 1. The Labute approximate surface area is 102 Å². The Kier molecular flexibility index (Phi) is 5.50. The van der Waals surface area contributed by atoms with E-state index >= 15 is 0 Å². The third-order valence-corrected chi connectivity index (χ3v) is 1.74. The number of carbonyl (C=O) groups excluding carboxylic acids is 1. The molecule has 0 heterocycles. The van der Waals surface area contributed by atoms with Crippen molar-refractivity contribution in [2.45, 2.75) is 46.6 Å². The van der Waals surface area contributed by atoms with E-state index in [1.807, 2.05) is 13.8 Å². The van der Waals surface area contributed by atoms with Gasteiger partial charge in [-0.25, -0.2) is 4.79 Å². The first-order valence-electron chi connectivity index (χ1n) is 5.28. The first-order valence-corrected chi connectivity index (χ1v) is 5.28. The van der Waals surface area contributed by atoms with Crippen LogP contribution in [0.1, 0.15) is 41.0 Å². The average Bonchev–Trinajstić information content (AvgIpc) is 2.13. The Hall–Kier alpha value is -1.72.